The van der Waals surface area contributed by atoms with Gasteiger partial charge in [-0.3, -0.25) is 4.98 Å². The van der Waals surface area contributed by atoms with E-state index in [9.17, 15) is 0 Å². The van der Waals surface area contributed by atoms with Crippen LogP contribution in [0.2, 0.25) is 0 Å². The monoisotopic (exact) mass is 347 g/mol. The highest BCUT2D eigenvalue weighted by Gasteiger charge is 2.14. The fourth-order valence-electron chi connectivity index (χ4n) is 2.39. The van der Waals surface area contributed by atoms with Crippen molar-refractivity contribution in [3.8, 4) is 0 Å². The first-order valence-corrected chi connectivity index (χ1v) is 8.05. The topological polar surface area (TPSA) is 28.2 Å². The van der Waals surface area contributed by atoms with Crippen molar-refractivity contribution in [1.82, 2.24) is 10.3 Å². The van der Waals surface area contributed by atoms with E-state index in [2.05, 4.69) is 75.3 Å². The van der Waals surface area contributed by atoms with Crippen molar-refractivity contribution in [2.24, 2.45) is 0 Å². The highest BCUT2D eigenvalue weighted by molar-refractivity contribution is 9.10. The van der Waals surface area contributed by atoms with Crippen LogP contribution in [0, 0.1) is 0 Å². The number of hydrogen-bond acceptors (Lipinski definition) is 3. The number of hydrogen-bond donors (Lipinski definition) is 1. The minimum atomic E-state index is 0.309. The van der Waals surface area contributed by atoms with Crippen LogP contribution in [-0.2, 0) is 6.54 Å². The zero-order chi connectivity index (χ0) is 15.2. The summed E-state index contributed by atoms with van der Waals surface area (Å²) in [7, 11) is 1.99. The van der Waals surface area contributed by atoms with E-state index in [1.54, 1.807) is 0 Å². The molecule has 0 spiro atoms. The van der Waals surface area contributed by atoms with Crippen molar-refractivity contribution in [2.45, 2.75) is 26.4 Å². The second kappa shape index (κ2) is 7.57. The van der Waals surface area contributed by atoms with Crippen LogP contribution in [0.5, 0.6) is 0 Å². The van der Waals surface area contributed by atoms with Gasteiger partial charge in [0, 0.05) is 41.7 Å². The molecule has 0 aliphatic carbocycles. The number of rotatable bonds is 6. The lowest BCUT2D eigenvalue weighted by Crippen LogP contribution is -2.25. The molecule has 1 aromatic carbocycles. The Kier molecular flexibility index (Phi) is 5.76. The maximum Gasteiger partial charge on any atom is 0.0430 e. The van der Waals surface area contributed by atoms with Gasteiger partial charge in [-0.05, 0) is 62.4 Å². The number of benzene rings is 1. The second-order valence-electron chi connectivity index (χ2n) is 5.08. The fourth-order valence-corrected chi connectivity index (χ4v) is 2.77. The Labute approximate surface area is 135 Å². The largest absolute Gasteiger partial charge is 0.367 e. The summed E-state index contributed by atoms with van der Waals surface area (Å²) in [6, 6.07) is 11.0. The third kappa shape index (κ3) is 4.05. The molecule has 0 aliphatic heterocycles. The average Bonchev–Trinajstić information content (AvgIpc) is 2.53. The predicted molar refractivity (Wildman–Crippen MR) is 92.6 cm³/mol. The molecule has 1 atom stereocenters. The SMILES string of the molecule is CCN(Cc1ccncc1)c1ccc(Br)cc1C(C)NC. The molecule has 0 saturated heterocycles. The molecule has 3 nitrogen and oxygen atoms in total. The van der Waals surface area contributed by atoms with Crippen LogP contribution < -0.4 is 10.2 Å². The first-order chi connectivity index (χ1) is 10.2. The third-order valence-electron chi connectivity index (χ3n) is 3.73. The molecule has 0 aliphatic rings. The average molecular weight is 348 g/mol. The molecule has 1 N–H and O–H groups in total. The third-order valence-corrected chi connectivity index (χ3v) is 4.23. The van der Waals surface area contributed by atoms with E-state index in [-0.39, 0.29) is 0 Å². The second-order valence-corrected chi connectivity index (χ2v) is 6.00. The molecule has 4 heteroatoms. The lowest BCUT2D eigenvalue weighted by molar-refractivity contribution is 0.647. The van der Waals surface area contributed by atoms with Crippen LogP contribution >= 0.6 is 15.9 Å². The number of halogens is 1. The lowest BCUT2D eigenvalue weighted by atomic mass is 10.0. The molecule has 0 fully saturated rings. The van der Waals surface area contributed by atoms with Gasteiger partial charge in [0.25, 0.3) is 0 Å². The van der Waals surface area contributed by atoms with E-state index in [1.165, 1.54) is 16.8 Å². The molecular formula is C17H22BrN3. The van der Waals surface area contributed by atoms with E-state index < -0.39 is 0 Å². The fraction of sp³-hybridized carbons (Fsp3) is 0.353. The first-order valence-electron chi connectivity index (χ1n) is 7.26. The molecule has 112 valence electrons. The van der Waals surface area contributed by atoms with Crippen LogP contribution in [0.15, 0.2) is 47.2 Å². The Hall–Kier alpha value is -1.39. The zero-order valence-corrected chi connectivity index (χ0v) is 14.4. The Bertz CT molecular complexity index is 572. The van der Waals surface area contributed by atoms with Crippen LogP contribution in [-0.4, -0.2) is 18.6 Å². The predicted octanol–water partition coefficient (Wildman–Crippen LogP) is 4.15. The molecule has 0 bridgehead atoms. The van der Waals surface area contributed by atoms with Gasteiger partial charge in [0.15, 0.2) is 0 Å². The van der Waals surface area contributed by atoms with Gasteiger partial charge < -0.3 is 10.2 Å². The Morgan fingerprint density at radius 1 is 1.24 bits per heavy atom. The van der Waals surface area contributed by atoms with Gasteiger partial charge in [0.05, 0.1) is 0 Å². The van der Waals surface area contributed by atoms with Gasteiger partial charge in [-0.2, -0.15) is 0 Å². The summed E-state index contributed by atoms with van der Waals surface area (Å²) in [5.74, 6) is 0. The van der Waals surface area contributed by atoms with Gasteiger partial charge in [-0.1, -0.05) is 15.9 Å². The van der Waals surface area contributed by atoms with Gasteiger partial charge in [0.1, 0.15) is 0 Å². The molecule has 1 unspecified atom stereocenters. The van der Waals surface area contributed by atoms with Crippen molar-refractivity contribution in [3.63, 3.8) is 0 Å². The first kappa shape index (κ1) is 16.0. The zero-order valence-electron chi connectivity index (χ0n) is 12.8. The maximum absolute atomic E-state index is 4.09. The van der Waals surface area contributed by atoms with Crippen LogP contribution in [0.3, 0.4) is 0 Å². The van der Waals surface area contributed by atoms with Crippen molar-refractivity contribution < 1.29 is 0 Å². The van der Waals surface area contributed by atoms with E-state index in [1.807, 2.05) is 19.4 Å². The van der Waals surface area contributed by atoms with Crippen molar-refractivity contribution in [1.29, 1.82) is 0 Å². The lowest BCUT2D eigenvalue weighted by Gasteiger charge is -2.28. The summed E-state index contributed by atoms with van der Waals surface area (Å²) in [5, 5.41) is 3.33. The standard InChI is InChI=1S/C17H22BrN3/c1-4-21(12-14-7-9-20-10-8-14)17-6-5-15(18)11-16(17)13(2)19-3/h5-11,13,19H,4,12H2,1-3H3. The molecule has 0 saturated carbocycles. The number of pyridine rings is 1. The van der Waals surface area contributed by atoms with Gasteiger partial charge in [-0.25, -0.2) is 0 Å². The van der Waals surface area contributed by atoms with E-state index >= 15 is 0 Å². The minimum absolute atomic E-state index is 0.309. The molecule has 2 aromatic rings. The summed E-state index contributed by atoms with van der Waals surface area (Å²) >= 11 is 3.58. The highest BCUT2D eigenvalue weighted by Crippen LogP contribution is 2.30. The smallest absolute Gasteiger partial charge is 0.0430 e. The maximum atomic E-state index is 4.09. The van der Waals surface area contributed by atoms with Crippen molar-refractivity contribution >= 4 is 21.6 Å². The van der Waals surface area contributed by atoms with Gasteiger partial charge in [-0.15, -0.1) is 0 Å². The summed E-state index contributed by atoms with van der Waals surface area (Å²) in [5.41, 5.74) is 3.86. The molecule has 0 radical (unpaired) electrons. The van der Waals surface area contributed by atoms with E-state index in [4.69, 9.17) is 0 Å². The number of nitrogens with one attached hydrogen (secondary N) is 1. The molecule has 1 heterocycles. The number of aromatic nitrogens is 1. The highest BCUT2D eigenvalue weighted by atomic mass is 79.9. The number of anilines is 1. The summed E-state index contributed by atoms with van der Waals surface area (Å²) in [4.78, 5) is 6.48. The van der Waals surface area contributed by atoms with Crippen molar-refractivity contribution in [2.75, 3.05) is 18.5 Å². The Balaban J connectivity index is 2.33. The van der Waals surface area contributed by atoms with Crippen LogP contribution in [0.25, 0.3) is 0 Å². The molecule has 1 aromatic heterocycles. The quantitative estimate of drug-likeness (QED) is 0.850. The van der Waals surface area contributed by atoms with Gasteiger partial charge in [0.2, 0.25) is 0 Å². The minimum Gasteiger partial charge on any atom is -0.367 e. The van der Waals surface area contributed by atoms with Crippen LogP contribution in [0.1, 0.15) is 31.0 Å². The molecular weight excluding hydrogens is 326 g/mol. The van der Waals surface area contributed by atoms with E-state index in [0.717, 1.165) is 17.6 Å². The van der Waals surface area contributed by atoms with Crippen molar-refractivity contribution in [3.05, 3.63) is 58.3 Å². The number of nitrogens with zero attached hydrogens (tertiary/aromatic N) is 2. The molecule has 2 rings (SSSR count). The molecule has 21 heavy (non-hydrogen) atoms. The van der Waals surface area contributed by atoms with Crippen LogP contribution in [0.4, 0.5) is 5.69 Å². The summed E-state index contributed by atoms with van der Waals surface area (Å²) in [6.45, 7) is 6.24. The summed E-state index contributed by atoms with van der Waals surface area (Å²) < 4.78 is 1.11. The van der Waals surface area contributed by atoms with Gasteiger partial charge >= 0.3 is 0 Å². The van der Waals surface area contributed by atoms with E-state index in [0.29, 0.717) is 6.04 Å². The Morgan fingerprint density at radius 2 is 1.95 bits per heavy atom. The Morgan fingerprint density at radius 3 is 2.57 bits per heavy atom. The normalized spacial score (nSPS) is 12.2. The summed E-state index contributed by atoms with van der Waals surface area (Å²) in [6.07, 6.45) is 3.70. The molecule has 0 amide bonds.